The van der Waals surface area contributed by atoms with Crippen LogP contribution in [0.4, 0.5) is 5.69 Å². The van der Waals surface area contributed by atoms with E-state index in [-0.39, 0.29) is 11.5 Å². The summed E-state index contributed by atoms with van der Waals surface area (Å²) in [6.07, 6.45) is 0. The molecule has 0 saturated heterocycles. The molecule has 0 fully saturated rings. The summed E-state index contributed by atoms with van der Waals surface area (Å²) in [6.45, 7) is 3.93. The molecule has 0 spiro atoms. The van der Waals surface area contributed by atoms with Gasteiger partial charge in [0.25, 0.3) is 0 Å². The lowest BCUT2D eigenvalue weighted by molar-refractivity contribution is -0.138. The van der Waals surface area contributed by atoms with Gasteiger partial charge >= 0.3 is 11.9 Å². The molecule has 0 aromatic heterocycles. The first-order valence-corrected chi connectivity index (χ1v) is 11.2. The van der Waals surface area contributed by atoms with Crippen LogP contribution in [0, 0.1) is 0 Å². The molecule has 1 aliphatic rings. The maximum Gasteiger partial charge on any atom is 0.338 e. The van der Waals surface area contributed by atoms with E-state index in [9.17, 15) is 9.59 Å². The van der Waals surface area contributed by atoms with E-state index in [0.29, 0.717) is 28.8 Å². The molecule has 1 heterocycles. The Balaban J connectivity index is 1.85. The predicted molar refractivity (Wildman–Crippen MR) is 128 cm³/mol. The minimum Gasteiger partial charge on any atom is -0.478 e. The number of nitrogens with one attached hydrogen (secondary N) is 1. The van der Waals surface area contributed by atoms with Crippen LogP contribution in [0.25, 0.3) is 0 Å². The zero-order chi connectivity index (χ0) is 23.3. The lowest BCUT2D eigenvalue weighted by Crippen LogP contribution is -2.30. The highest BCUT2D eigenvalue weighted by Crippen LogP contribution is 2.34. The van der Waals surface area contributed by atoms with Gasteiger partial charge in [0, 0.05) is 31.2 Å². The Bertz CT molecular complexity index is 1040. The molecule has 2 aromatic rings. The molecule has 0 bridgehead atoms. The lowest BCUT2D eigenvalue weighted by Gasteiger charge is -2.26. The van der Waals surface area contributed by atoms with Gasteiger partial charge in [-0.1, -0.05) is 36.0 Å². The Hall–Kier alpha value is -3.26. The number of thioether (sulfide) groups is 1. The van der Waals surface area contributed by atoms with Gasteiger partial charge in [0.2, 0.25) is 0 Å². The number of hydrogen-bond acceptors (Lipinski definition) is 7. The Morgan fingerprint density at radius 3 is 2.34 bits per heavy atom. The lowest BCUT2D eigenvalue weighted by atomic mass is 9.96. The number of aliphatic imine (C=N–C) groups is 1. The quantitative estimate of drug-likeness (QED) is 0.607. The number of nitrogens with zero attached hydrogens (tertiary/aromatic N) is 2. The van der Waals surface area contributed by atoms with E-state index < -0.39 is 12.0 Å². The molecule has 3 rings (SSSR count). The van der Waals surface area contributed by atoms with Crippen molar-refractivity contribution in [1.82, 2.24) is 5.32 Å². The Kier molecular flexibility index (Phi) is 7.58. The molecule has 0 radical (unpaired) electrons. The van der Waals surface area contributed by atoms with Crippen LogP contribution in [0.1, 0.15) is 41.4 Å². The fraction of sp³-hybridized carbons (Fsp3) is 0.292. The first kappa shape index (κ1) is 23.4. The maximum absolute atomic E-state index is 12.7. The van der Waals surface area contributed by atoms with E-state index in [2.05, 4.69) is 5.32 Å². The number of esters is 1. The third kappa shape index (κ3) is 5.50. The number of allylic oxidation sites excluding steroid dienone is 1. The summed E-state index contributed by atoms with van der Waals surface area (Å²) < 4.78 is 5.29. The second-order valence-electron chi connectivity index (χ2n) is 7.50. The van der Waals surface area contributed by atoms with E-state index in [1.807, 2.05) is 50.2 Å². The monoisotopic (exact) mass is 453 g/mol. The van der Waals surface area contributed by atoms with Crippen molar-refractivity contribution in [3.05, 3.63) is 76.5 Å². The van der Waals surface area contributed by atoms with Crippen LogP contribution in [0.15, 0.2) is 64.8 Å². The number of carbonyl (C=O) groups excluding carboxylic acids is 1. The number of ether oxygens (including phenoxy) is 1. The Labute approximate surface area is 192 Å². The van der Waals surface area contributed by atoms with Crippen molar-refractivity contribution >= 4 is 34.6 Å². The van der Waals surface area contributed by atoms with Gasteiger partial charge in [0.1, 0.15) is 6.04 Å². The topological polar surface area (TPSA) is 91.2 Å². The van der Waals surface area contributed by atoms with E-state index in [1.165, 1.54) is 11.8 Å². The second kappa shape index (κ2) is 10.4. The maximum atomic E-state index is 12.7. The third-order valence-electron chi connectivity index (χ3n) is 5.02. The zero-order valence-electron chi connectivity index (χ0n) is 18.6. The van der Waals surface area contributed by atoms with E-state index in [0.717, 1.165) is 16.8 Å². The smallest absolute Gasteiger partial charge is 0.338 e. The van der Waals surface area contributed by atoms with Gasteiger partial charge in [0.05, 0.1) is 17.7 Å². The molecule has 1 aliphatic heterocycles. The van der Waals surface area contributed by atoms with Gasteiger partial charge < -0.3 is 20.1 Å². The van der Waals surface area contributed by atoms with Gasteiger partial charge in [-0.2, -0.15) is 0 Å². The second-order valence-corrected chi connectivity index (χ2v) is 8.46. The van der Waals surface area contributed by atoms with E-state index in [1.54, 1.807) is 31.2 Å². The van der Waals surface area contributed by atoms with E-state index >= 15 is 0 Å². The fourth-order valence-electron chi connectivity index (χ4n) is 3.29. The molecule has 0 unspecified atom stereocenters. The number of hydrogen-bond donors (Lipinski definition) is 2. The number of carboxylic acids is 1. The summed E-state index contributed by atoms with van der Waals surface area (Å²) in [5, 5.41) is 13.0. The van der Waals surface area contributed by atoms with Crippen LogP contribution in [0.3, 0.4) is 0 Å². The minimum absolute atomic E-state index is 0.256. The Morgan fingerprint density at radius 1 is 1.12 bits per heavy atom. The number of carboxylic acid groups (broad SMARTS) is 1. The first-order chi connectivity index (χ1) is 15.3. The molecule has 0 aliphatic carbocycles. The van der Waals surface area contributed by atoms with Gasteiger partial charge in [-0.05, 0) is 49.2 Å². The number of aromatic carboxylic acids is 1. The molecule has 0 amide bonds. The fourth-order valence-corrected chi connectivity index (χ4v) is 4.19. The Morgan fingerprint density at radius 2 is 1.78 bits per heavy atom. The van der Waals surface area contributed by atoms with Crippen LogP contribution < -0.4 is 10.2 Å². The van der Waals surface area contributed by atoms with Crippen molar-refractivity contribution in [2.24, 2.45) is 4.99 Å². The molecule has 1 atom stereocenters. The predicted octanol–water partition coefficient (Wildman–Crippen LogP) is 4.22. The molecule has 8 heteroatoms. The zero-order valence-corrected chi connectivity index (χ0v) is 19.4. The third-order valence-corrected chi connectivity index (χ3v) is 5.97. The molecular formula is C24H27N3O4S. The molecule has 0 saturated carbocycles. The molecule has 7 nitrogen and oxygen atoms in total. The van der Waals surface area contributed by atoms with Crippen LogP contribution in [0.5, 0.6) is 0 Å². The highest BCUT2D eigenvalue weighted by Gasteiger charge is 2.30. The van der Waals surface area contributed by atoms with Crippen molar-refractivity contribution in [1.29, 1.82) is 0 Å². The molecular weight excluding hydrogens is 426 g/mol. The molecule has 32 heavy (non-hydrogen) atoms. The highest BCUT2D eigenvalue weighted by molar-refractivity contribution is 8.13. The molecule has 168 valence electrons. The average Bonchev–Trinajstić information content (AvgIpc) is 2.77. The number of benzene rings is 2. The largest absolute Gasteiger partial charge is 0.478 e. The first-order valence-electron chi connectivity index (χ1n) is 10.2. The van der Waals surface area contributed by atoms with Crippen LogP contribution in [-0.2, 0) is 15.3 Å². The standard InChI is InChI=1S/C24H27N3O4S/c1-5-31-23(30)20-15(2)25-24(32-14-16-6-8-18(9-7-16)22(28)29)26-21(20)17-10-12-19(13-11-17)27(3)4/h6-13,21H,5,14H2,1-4H3,(H,25,26)(H,28,29)/t21-/m0/s1. The van der Waals surface area contributed by atoms with Crippen molar-refractivity contribution in [2.75, 3.05) is 25.6 Å². The van der Waals surface area contributed by atoms with Crippen LogP contribution in [-0.4, -0.2) is 42.9 Å². The highest BCUT2D eigenvalue weighted by atomic mass is 32.2. The number of carbonyl (C=O) groups is 2. The summed E-state index contributed by atoms with van der Waals surface area (Å²) >= 11 is 1.50. The van der Waals surface area contributed by atoms with Gasteiger partial charge in [-0.3, -0.25) is 0 Å². The van der Waals surface area contributed by atoms with E-state index in [4.69, 9.17) is 14.8 Å². The molecule has 2 aromatic carbocycles. The number of anilines is 1. The van der Waals surface area contributed by atoms with Gasteiger partial charge in [-0.25, -0.2) is 14.6 Å². The molecule has 2 N–H and O–H groups in total. The SMILES string of the molecule is CCOC(=O)C1=C(C)NC(SCc2ccc(C(=O)O)cc2)=N[C@H]1c1ccc(N(C)C)cc1. The van der Waals surface area contributed by atoms with Crippen molar-refractivity contribution in [3.63, 3.8) is 0 Å². The van der Waals surface area contributed by atoms with Gasteiger partial charge in [-0.15, -0.1) is 0 Å². The summed E-state index contributed by atoms with van der Waals surface area (Å²) in [4.78, 5) is 30.6. The van der Waals surface area contributed by atoms with Gasteiger partial charge in [0.15, 0.2) is 5.17 Å². The van der Waals surface area contributed by atoms with Crippen LogP contribution in [0.2, 0.25) is 0 Å². The summed E-state index contributed by atoms with van der Waals surface area (Å²) in [5.74, 6) is -0.714. The van der Waals surface area contributed by atoms with Crippen molar-refractivity contribution in [2.45, 2.75) is 25.6 Å². The van der Waals surface area contributed by atoms with Crippen LogP contribution >= 0.6 is 11.8 Å². The average molecular weight is 454 g/mol. The minimum atomic E-state index is -0.946. The van der Waals surface area contributed by atoms with Crippen molar-refractivity contribution < 1.29 is 19.4 Å². The number of rotatable bonds is 7. The summed E-state index contributed by atoms with van der Waals surface area (Å²) in [6, 6.07) is 14.3. The summed E-state index contributed by atoms with van der Waals surface area (Å²) in [5.41, 5.74) is 4.41. The number of amidine groups is 1. The normalized spacial score (nSPS) is 15.6. The summed E-state index contributed by atoms with van der Waals surface area (Å²) in [7, 11) is 3.95. The van der Waals surface area contributed by atoms with Crippen molar-refractivity contribution in [3.8, 4) is 0 Å².